The van der Waals surface area contributed by atoms with Gasteiger partial charge in [-0.2, -0.15) is 5.26 Å². The van der Waals surface area contributed by atoms with Gasteiger partial charge < -0.3 is 15.2 Å². The second-order valence-electron chi connectivity index (χ2n) is 4.63. The van der Waals surface area contributed by atoms with Gasteiger partial charge in [-0.15, -0.1) is 0 Å². The van der Waals surface area contributed by atoms with Gasteiger partial charge in [0, 0.05) is 6.07 Å². The minimum Gasteiger partial charge on any atom is -0.495 e. The molecule has 0 bridgehead atoms. The van der Waals surface area contributed by atoms with E-state index < -0.39 is 0 Å². The summed E-state index contributed by atoms with van der Waals surface area (Å²) >= 11 is 0. The first-order valence-electron chi connectivity index (χ1n) is 6.27. The number of nitrogens with zero attached hydrogens (tertiary/aromatic N) is 1. The van der Waals surface area contributed by atoms with Crippen molar-refractivity contribution in [1.82, 2.24) is 0 Å². The predicted octanol–water partition coefficient (Wildman–Crippen LogP) is 2.28. The van der Waals surface area contributed by atoms with Crippen LogP contribution in [0.25, 0.3) is 0 Å². The Morgan fingerprint density at radius 3 is 2.83 bits per heavy atom. The number of nitriles is 1. The maximum absolute atomic E-state index is 9.94. The summed E-state index contributed by atoms with van der Waals surface area (Å²) in [6, 6.07) is 7.44. The summed E-state index contributed by atoms with van der Waals surface area (Å²) in [5, 5.41) is 22.1. The molecule has 1 fully saturated rings. The van der Waals surface area contributed by atoms with Crippen LogP contribution in [0.4, 0.5) is 5.69 Å². The lowest BCUT2D eigenvalue weighted by molar-refractivity contribution is 0.116. The number of rotatable bonds is 3. The van der Waals surface area contributed by atoms with Crippen LogP contribution in [0.5, 0.6) is 5.75 Å². The predicted molar refractivity (Wildman–Crippen MR) is 69.6 cm³/mol. The van der Waals surface area contributed by atoms with Crippen LogP contribution in [0.15, 0.2) is 18.2 Å². The molecule has 1 aliphatic carbocycles. The van der Waals surface area contributed by atoms with E-state index >= 15 is 0 Å². The Morgan fingerprint density at radius 1 is 1.39 bits per heavy atom. The highest BCUT2D eigenvalue weighted by Crippen LogP contribution is 2.29. The average molecular weight is 246 g/mol. The molecule has 2 N–H and O–H groups in total. The van der Waals surface area contributed by atoms with Crippen molar-refractivity contribution >= 4 is 5.69 Å². The molecule has 0 radical (unpaired) electrons. The van der Waals surface area contributed by atoms with Gasteiger partial charge >= 0.3 is 0 Å². The van der Waals surface area contributed by atoms with E-state index in [4.69, 9.17) is 10.00 Å². The quantitative estimate of drug-likeness (QED) is 0.858. The van der Waals surface area contributed by atoms with Crippen LogP contribution in [-0.2, 0) is 0 Å². The van der Waals surface area contributed by atoms with E-state index in [-0.39, 0.29) is 12.1 Å². The van der Waals surface area contributed by atoms with Crippen molar-refractivity contribution < 1.29 is 9.84 Å². The third-order valence-corrected chi connectivity index (χ3v) is 3.40. The molecular formula is C14H18N2O2. The average Bonchev–Trinajstić information content (AvgIpc) is 2.41. The second kappa shape index (κ2) is 5.74. The van der Waals surface area contributed by atoms with Gasteiger partial charge in [0.15, 0.2) is 0 Å². The van der Waals surface area contributed by atoms with Crippen molar-refractivity contribution in [3.8, 4) is 11.8 Å². The van der Waals surface area contributed by atoms with Crippen LogP contribution in [0.1, 0.15) is 31.2 Å². The first-order chi connectivity index (χ1) is 8.74. The Hall–Kier alpha value is -1.73. The number of aliphatic hydroxyl groups is 1. The van der Waals surface area contributed by atoms with Gasteiger partial charge in [0.25, 0.3) is 0 Å². The van der Waals surface area contributed by atoms with Gasteiger partial charge in [-0.1, -0.05) is 12.8 Å². The number of anilines is 1. The Bertz CT molecular complexity index is 454. The Kier molecular flexibility index (Phi) is 4.06. The molecule has 0 spiro atoms. The van der Waals surface area contributed by atoms with E-state index in [1.165, 1.54) is 0 Å². The molecule has 0 amide bonds. The van der Waals surface area contributed by atoms with Gasteiger partial charge in [-0.25, -0.2) is 0 Å². The molecule has 1 aromatic rings. The Labute approximate surface area is 107 Å². The van der Waals surface area contributed by atoms with E-state index in [2.05, 4.69) is 11.4 Å². The van der Waals surface area contributed by atoms with E-state index in [1.54, 1.807) is 19.2 Å². The molecule has 1 aromatic carbocycles. The van der Waals surface area contributed by atoms with E-state index in [9.17, 15) is 5.11 Å². The fraction of sp³-hybridized carbons (Fsp3) is 0.500. The number of methoxy groups -OCH3 is 1. The summed E-state index contributed by atoms with van der Waals surface area (Å²) in [5.74, 6) is 0.645. The maximum Gasteiger partial charge on any atom is 0.143 e. The minimum atomic E-state index is -0.306. The fourth-order valence-corrected chi connectivity index (χ4v) is 2.36. The molecule has 0 saturated heterocycles. The molecule has 0 aliphatic heterocycles. The zero-order valence-corrected chi connectivity index (χ0v) is 10.5. The molecule has 1 saturated carbocycles. The molecule has 0 aromatic heterocycles. The highest BCUT2D eigenvalue weighted by molar-refractivity contribution is 5.60. The van der Waals surface area contributed by atoms with Crippen molar-refractivity contribution in [2.45, 2.75) is 37.8 Å². The number of hydrogen-bond acceptors (Lipinski definition) is 4. The normalized spacial score (nSPS) is 23.2. The van der Waals surface area contributed by atoms with Gasteiger partial charge in [0.2, 0.25) is 0 Å². The van der Waals surface area contributed by atoms with Crippen LogP contribution >= 0.6 is 0 Å². The second-order valence-corrected chi connectivity index (χ2v) is 4.63. The molecule has 2 unspecified atom stereocenters. The topological polar surface area (TPSA) is 65.3 Å². The minimum absolute atomic E-state index is 0.0700. The van der Waals surface area contributed by atoms with Crippen molar-refractivity contribution in [3.63, 3.8) is 0 Å². The highest BCUT2D eigenvalue weighted by Gasteiger charge is 2.23. The summed E-state index contributed by atoms with van der Waals surface area (Å²) < 4.78 is 5.27. The van der Waals surface area contributed by atoms with Crippen LogP contribution in [0.3, 0.4) is 0 Å². The van der Waals surface area contributed by atoms with Crippen LogP contribution in [0, 0.1) is 11.3 Å². The molecule has 2 rings (SSSR count). The number of hydrogen-bond donors (Lipinski definition) is 2. The third kappa shape index (κ3) is 2.74. The van der Waals surface area contributed by atoms with Gasteiger partial charge in [0.05, 0.1) is 36.6 Å². The largest absolute Gasteiger partial charge is 0.495 e. The molecule has 0 heterocycles. The summed E-state index contributed by atoms with van der Waals surface area (Å²) in [5.41, 5.74) is 1.41. The van der Waals surface area contributed by atoms with Crippen molar-refractivity contribution in [3.05, 3.63) is 23.8 Å². The molecule has 1 aliphatic rings. The van der Waals surface area contributed by atoms with Crippen molar-refractivity contribution in [1.29, 1.82) is 5.26 Å². The summed E-state index contributed by atoms with van der Waals surface area (Å²) in [6.45, 7) is 0. The van der Waals surface area contributed by atoms with Gasteiger partial charge in [-0.05, 0) is 25.0 Å². The van der Waals surface area contributed by atoms with E-state index in [0.717, 1.165) is 31.4 Å². The number of nitrogens with one attached hydrogen (secondary N) is 1. The molecule has 4 heteroatoms. The van der Waals surface area contributed by atoms with E-state index in [0.29, 0.717) is 11.3 Å². The molecule has 2 atom stereocenters. The smallest absolute Gasteiger partial charge is 0.143 e. The maximum atomic E-state index is 9.94. The van der Waals surface area contributed by atoms with Gasteiger partial charge in [-0.3, -0.25) is 0 Å². The Balaban J connectivity index is 2.15. The number of aliphatic hydroxyl groups excluding tert-OH is 1. The van der Waals surface area contributed by atoms with E-state index in [1.807, 2.05) is 6.07 Å². The summed E-state index contributed by atoms with van der Waals surface area (Å²) in [4.78, 5) is 0. The lowest BCUT2D eigenvalue weighted by Crippen LogP contribution is -2.36. The molecule has 96 valence electrons. The zero-order valence-electron chi connectivity index (χ0n) is 10.5. The summed E-state index contributed by atoms with van der Waals surface area (Å²) in [6.07, 6.45) is 3.72. The first kappa shape index (κ1) is 12.7. The van der Waals surface area contributed by atoms with Crippen LogP contribution < -0.4 is 10.1 Å². The standard InChI is InChI=1S/C14H18N2O2/c1-18-14-8-10(9-15)6-7-12(14)16-11-4-2-3-5-13(11)17/h6-8,11,13,16-17H,2-5H2,1H3. The third-order valence-electron chi connectivity index (χ3n) is 3.40. The zero-order chi connectivity index (χ0) is 13.0. The highest BCUT2D eigenvalue weighted by atomic mass is 16.5. The SMILES string of the molecule is COc1cc(C#N)ccc1NC1CCCCC1O. The fourth-order valence-electron chi connectivity index (χ4n) is 2.36. The number of ether oxygens (including phenoxy) is 1. The van der Waals surface area contributed by atoms with Crippen LogP contribution in [-0.4, -0.2) is 24.4 Å². The lowest BCUT2D eigenvalue weighted by atomic mass is 9.92. The molecular weight excluding hydrogens is 228 g/mol. The summed E-state index contributed by atoms with van der Waals surface area (Å²) in [7, 11) is 1.58. The first-order valence-corrected chi connectivity index (χ1v) is 6.27. The Morgan fingerprint density at radius 2 is 2.17 bits per heavy atom. The van der Waals surface area contributed by atoms with Crippen molar-refractivity contribution in [2.75, 3.05) is 12.4 Å². The number of benzene rings is 1. The van der Waals surface area contributed by atoms with Crippen molar-refractivity contribution in [2.24, 2.45) is 0 Å². The lowest BCUT2D eigenvalue weighted by Gasteiger charge is -2.29. The molecule has 4 nitrogen and oxygen atoms in total. The molecule has 18 heavy (non-hydrogen) atoms. The van der Waals surface area contributed by atoms with Gasteiger partial charge in [0.1, 0.15) is 5.75 Å². The monoisotopic (exact) mass is 246 g/mol. The van der Waals surface area contributed by atoms with Crippen LogP contribution in [0.2, 0.25) is 0 Å².